The van der Waals surface area contributed by atoms with E-state index < -0.39 is 255 Å². The van der Waals surface area contributed by atoms with Crippen LogP contribution in [0.15, 0.2) is 24.3 Å². The summed E-state index contributed by atoms with van der Waals surface area (Å²) in [6, 6.07) is -15.8. The van der Waals surface area contributed by atoms with Crippen molar-refractivity contribution in [1.82, 2.24) is 67.9 Å². The summed E-state index contributed by atoms with van der Waals surface area (Å²) in [5.41, 5.74) is 23.6. The van der Waals surface area contributed by atoms with Gasteiger partial charge < -0.3 is 136 Å². The number of ether oxygens (including phenoxy) is 1. The molecule has 0 saturated carbocycles. The van der Waals surface area contributed by atoms with Crippen LogP contribution in [0.3, 0.4) is 0 Å². The van der Waals surface area contributed by atoms with E-state index in [2.05, 4.69) is 60.1 Å². The number of esters is 1. The molecule has 3 aliphatic heterocycles. The van der Waals surface area contributed by atoms with Crippen LogP contribution in [0.2, 0.25) is 0 Å². The number of nitrogens with zero attached hydrogens (tertiary/aromatic N) is 3. The van der Waals surface area contributed by atoms with E-state index in [1.54, 1.807) is 0 Å². The fraction of sp³-hybridized carbons (Fsp3) is 0.734. The zero-order chi connectivity index (χ0) is 89.8. The number of aliphatic hydroxyl groups excluding tert-OH is 7. The van der Waals surface area contributed by atoms with Crippen molar-refractivity contribution in [1.29, 1.82) is 0 Å². The van der Waals surface area contributed by atoms with Crippen LogP contribution in [0.25, 0.3) is 0 Å². The lowest BCUT2D eigenvalue weighted by molar-refractivity contribution is -0.155. The van der Waals surface area contributed by atoms with Crippen LogP contribution in [0.5, 0.6) is 5.75 Å². The highest BCUT2D eigenvalue weighted by Gasteiger charge is 2.49. The van der Waals surface area contributed by atoms with Crippen molar-refractivity contribution < 1.29 is 118 Å². The summed E-state index contributed by atoms with van der Waals surface area (Å²) in [7, 11) is 0. The van der Waals surface area contributed by atoms with Gasteiger partial charge >= 0.3 is 5.97 Å². The summed E-state index contributed by atoms with van der Waals surface area (Å²) in [4.78, 5) is 217. The van der Waals surface area contributed by atoms with Gasteiger partial charge in [0.05, 0.1) is 68.2 Å². The number of carbonyl (C=O) groups excluding carboxylic acids is 15. The van der Waals surface area contributed by atoms with E-state index >= 15 is 0 Å². The standard InChI is InChI=1S/C79H133N17O24/c1-9-10-11-12-13-14-15-16-17-18-19-23-51-38-59(106)88-62(44(5)97)72(112)85-43(4)68(108)87-54(36-48-26-28-49(101)29-27-48)69(109)90-61(42(2)3)77(117)96-41-50(102)37-55(96)70(110)91-64(46(7)99)74(114)92-65(47(8)100)78(118)95-35-30-56(103)67(95)75(115)93-66(57(104)39-58(83)105)71(111)84-40-60(107)89-63(45(6)98)73(113)86-53(79(119)120-51)25-21-33-94(34-22-32-81)76(116)52(82)24-20-31-80/h26-29,42-47,50-57,61-67,97-104H,9-25,30-41,80-82H2,1-8H3,(H2,83,105)(H,84,111)(H,85,112)(H,86,113)(H,87,108)(H,88,106)(H,89,107)(H,90,109)(H,91,110)(H,92,114)(H,93,115)/t43-,44-,45-,46-,47-,50-,51-,52+,53+,54+,55+,56+,57?,61+,62-,63-,64-,65+,66?,67+/m1/s1. The second kappa shape index (κ2) is 52.1. The molecule has 0 spiro atoms. The molecule has 0 aromatic heterocycles. The molecule has 3 fully saturated rings. The molecular weight excluding hydrogens is 1570 g/mol. The zero-order valence-corrected chi connectivity index (χ0v) is 70.2. The Bertz CT molecular complexity index is 3540. The molecule has 2 unspecified atom stereocenters. The van der Waals surface area contributed by atoms with E-state index in [-0.39, 0.29) is 70.5 Å². The largest absolute Gasteiger partial charge is 0.508 e. The van der Waals surface area contributed by atoms with Crippen LogP contribution < -0.4 is 76.1 Å². The Morgan fingerprint density at radius 3 is 1.62 bits per heavy atom. The van der Waals surface area contributed by atoms with Gasteiger partial charge in [-0.1, -0.05) is 97.1 Å². The quantitative estimate of drug-likeness (QED) is 0.0230. The van der Waals surface area contributed by atoms with E-state index in [1.807, 2.05) is 0 Å². The first-order chi connectivity index (χ1) is 56.7. The zero-order valence-electron chi connectivity index (χ0n) is 70.2. The van der Waals surface area contributed by atoms with Crippen molar-refractivity contribution in [2.24, 2.45) is 28.9 Å². The van der Waals surface area contributed by atoms with Crippen LogP contribution in [-0.4, -0.2) is 311 Å². The van der Waals surface area contributed by atoms with E-state index in [4.69, 9.17) is 27.7 Å². The Kier molecular flexibility index (Phi) is 44.7. The number of aliphatic hydroxyl groups is 7. The van der Waals surface area contributed by atoms with Gasteiger partial charge in [-0.05, 0) is 123 Å². The summed E-state index contributed by atoms with van der Waals surface area (Å²) in [5.74, 6) is -18.1. The maximum absolute atomic E-state index is 14.9. The van der Waals surface area contributed by atoms with E-state index in [1.165, 1.54) is 49.9 Å². The molecule has 3 aliphatic rings. The predicted molar refractivity (Wildman–Crippen MR) is 433 cm³/mol. The Balaban J connectivity index is 1.88. The average Bonchev–Trinajstić information content (AvgIpc) is 1.63. The van der Waals surface area contributed by atoms with Crippen LogP contribution in [0, 0.1) is 5.92 Å². The number of amides is 14. The lowest BCUT2D eigenvalue weighted by atomic mass is 9.99. The molecule has 1 aromatic carbocycles. The molecule has 0 aliphatic carbocycles. The van der Waals surface area contributed by atoms with Crippen molar-refractivity contribution in [3.05, 3.63) is 29.8 Å². The van der Waals surface area contributed by atoms with Gasteiger partial charge in [-0.2, -0.15) is 0 Å². The Hall–Kier alpha value is -9.33. The molecule has 4 rings (SSSR count). The first kappa shape index (κ1) is 103. The number of aromatic hydroxyl groups is 1. The lowest BCUT2D eigenvalue weighted by Gasteiger charge is -2.34. The first-order valence-electron chi connectivity index (χ1n) is 41.7. The second-order valence-corrected chi connectivity index (χ2v) is 31.9. The first-order valence-corrected chi connectivity index (χ1v) is 41.7. The molecule has 41 nitrogen and oxygen atoms in total. The van der Waals surface area contributed by atoms with Crippen LogP contribution >= 0.6 is 0 Å². The van der Waals surface area contributed by atoms with E-state index in [0.29, 0.717) is 36.1 Å². The van der Waals surface area contributed by atoms with Gasteiger partial charge in [0.25, 0.3) is 0 Å². The number of phenolic OH excluding ortho intramolecular Hbond substituents is 1. The van der Waals surface area contributed by atoms with Crippen LogP contribution in [0.4, 0.5) is 0 Å². The maximum Gasteiger partial charge on any atom is 0.328 e. The normalized spacial score (nSPS) is 26.7. The molecule has 0 radical (unpaired) electrons. The molecule has 26 N–H and O–H groups in total. The number of benzene rings is 1. The Morgan fingerprint density at radius 2 is 1.06 bits per heavy atom. The molecule has 120 heavy (non-hydrogen) atoms. The smallest absolute Gasteiger partial charge is 0.328 e. The molecule has 3 heterocycles. The van der Waals surface area contributed by atoms with Gasteiger partial charge in [0.1, 0.15) is 78.3 Å². The van der Waals surface area contributed by atoms with E-state index in [9.17, 15) is 113 Å². The number of carbonyl (C=O) groups is 15. The fourth-order valence-corrected chi connectivity index (χ4v) is 14.2. The summed E-state index contributed by atoms with van der Waals surface area (Å²) in [6.07, 6.45) is -6.20. The molecule has 41 heteroatoms. The number of hydrogen-bond donors (Lipinski definition) is 22. The summed E-state index contributed by atoms with van der Waals surface area (Å²) < 4.78 is 6.11. The Morgan fingerprint density at radius 1 is 0.550 bits per heavy atom. The summed E-state index contributed by atoms with van der Waals surface area (Å²) in [5, 5.41) is 112. The molecule has 14 amide bonds. The highest BCUT2D eigenvalue weighted by molar-refractivity contribution is 6.00. The second-order valence-electron chi connectivity index (χ2n) is 31.9. The minimum Gasteiger partial charge on any atom is -0.508 e. The highest BCUT2D eigenvalue weighted by Crippen LogP contribution is 2.26. The number of cyclic esters (lactones) is 1. The molecule has 20 atom stereocenters. The minimum absolute atomic E-state index is 0.00493. The van der Waals surface area contributed by atoms with Gasteiger partial charge in [-0.3, -0.25) is 67.1 Å². The number of rotatable bonds is 33. The maximum atomic E-state index is 14.9. The number of phenols is 1. The van der Waals surface area contributed by atoms with Gasteiger partial charge in [0.15, 0.2) is 0 Å². The SMILES string of the molecule is CCCCCCCCCCCCC[C@@H]1CC(=O)N[C@H]([C@@H](C)O)C(=O)N[C@H](C)C(=O)N[C@@H](Cc2ccc(O)cc2)C(=O)N[C@@H](C(C)C)C(=O)N2C[C@H](O)C[C@H]2C(=O)N[C@H]([C@@H](C)O)C(=O)N[C@@H]([C@@H](C)O)C(=O)N2CC[C@H](O)[C@H]2C(=O)NC(C(O)CC(N)=O)C(=O)NCC(=O)N[C@H]([C@@H](C)O)C(=O)N[C@@H](CCCN(CCCN)C(=O)[C@@H](N)CCCN)C(=O)O1. The van der Waals surface area contributed by atoms with Crippen molar-refractivity contribution in [3.63, 3.8) is 0 Å². The molecule has 678 valence electrons. The van der Waals surface area contributed by atoms with Crippen molar-refractivity contribution in [2.45, 2.75) is 318 Å². The minimum atomic E-state index is -2.26. The number of nitrogens with one attached hydrogen (secondary N) is 10. The van der Waals surface area contributed by atoms with Gasteiger partial charge in [0.2, 0.25) is 82.7 Å². The van der Waals surface area contributed by atoms with Gasteiger partial charge in [-0.15, -0.1) is 0 Å². The van der Waals surface area contributed by atoms with Gasteiger partial charge in [0, 0.05) is 39.0 Å². The third kappa shape index (κ3) is 33.6. The van der Waals surface area contributed by atoms with Crippen molar-refractivity contribution >= 4 is 88.7 Å². The molecule has 1 aromatic rings. The third-order valence-electron chi connectivity index (χ3n) is 21.2. The number of nitrogens with two attached hydrogens (primary N) is 4. The summed E-state index contributed by atoms with van der Waals surface area (Å²) >= 11 is 0. The lowest BCUT2D eigenvalue weighted by Crippen LogP contribution is -2.64. The number of fused-ring (bicyclic) bond motifs is 2. The van der Waals surface area contributed by atoms with E-state index in [0.717, 1.165) is 90.4 Å². The van der Waals surface area contributed by atoms with Crippen LogP contribution in [0.1, 0.15) is 196 Å². The fourth-order valence-electron chi connectivity index (χ4n) is 14.2. The number of primary amides is 1. The third-order valence-corrected chi connectivity index (χ3v) is 21.2. The van der Waals surface area contributed by atoms with Crippen LogP contribution in [-0.2, 0) is 83.1 Å². The van der Waals surface area contributed by atoms with Crippen molar-refractivity contribution in [3.8, 4) is 5.75 Å². The number of hydrogen-bond acceptors (Lipinski definition) is 27. The molecular formula is C79H133N17O24. The number of unbranched alkanes of at least 4 members (excludes halogenated alkanes) is 10. The molecule has 3 saturated heterocycles. The Labute approximate surface area is 699 Å². The monoisotopic (exact) mass is 1700 g/mol. The van der Waals surface area contributed by atoms with Crippen molar-refractivity contribution in [2.75, 3.05) is 45.8 Å². The van der Waals surface area contributed by atoms with Gasteiger partial charge in [-0.25, -0.2) is 4.79 Å². The average molecular weight is 1710 g/mol. The molecule has 0 bridgehead atoms. The highest BCUT2D eigenvalue weighted by atomic mass is 16.5. The topological polar surface area (TPSA) is 661 Å². The summed E-state index contributed by atoms with van der Waals surface area (Å²) in [6.45, 7) is 9.00. The predicted octanol–water partition coefficient (Wildman–Crippen LogP) is -6.19.